The molecule has 0 spiro atoms. The number of alkyl carbamates (subject to hydrolysis) is 1. The Bertz CT molecular complexity index is 985. The van der Waals surface area contributed by atoms with E-state index in [2.05, 4.69) is 17.2 Å². The summed E-state index contributed by atoms with van der Waals surface area (Å²) in [6, 6.07) is 2.52. The molecule has 0 heterocycles. The van der Waals surface area contributed by atoms with Gasteiger partial charge < -0.3 is 30.1 Å². The Morgan fingerprint density at radius 1 is 1.18 bits per heavy atom. The fraction of sp³-hybridized carbons (Fsp3) is 0.571. The third-order valence-corrected chi connectivity index (χ3v) is 5.34. The van der Waals surface area contributed by atoms with Crippen LogP contribution >= 0.6 is 0 Å². The predicted molar refractivity (Wildman–Crippen MR) is 144 cm³/mol. The number of rotatable bonds is 13. The van der Waals surface area contributed by atoms with E-state index in [1.54, 1.807) is 46.8 Å². The SMILES string of the molecule is C=CCN(C(=O)C(CC(C)C)NC(=O)OC(C)(C)C)C(C(=O)NCCC(=O)OCC)c1ccc(O)c(C)c1. The largest absolute Gasteiger partial charge is 0.508 e. The van der Waals surface area contributed by atoms with Gasteiger partial charge in [-0.2, -0.15) is 0 Å². The van der Waals surface area contributed by atoms with Crippen LogP contribution in [0.2, 0.25) is 0 Å². The molecule has 0 fully saturated rings. The lowest BCUT2D eigenvalue weighted by atomic mass is 9.98. The summed E-state index contributed by atoms with van der Waals surface area (Å²) in [6.07, 6.45) is 1.01. The van der Waals surface area contributed by atoms with Crippen LogP contribution < -0.4 is 10.6 Å². The quantitative estimate of drug-likeness (QED) is 0.260. The summed E-state index contributed by atoms with van der Waals surface area (Å²) >= 11 is 0. The maximum absolute atomic E-state index is 13.9. The molecule has 0 aliphatic rings. The summed E-state index contributed by atoms with van der Waals surface area (Å²) in [4.78, 5) is 53.1. The van der Waals surface area contributed by atoms with Crippen molar-refractivity contribution in [1.29, 1.82) is 0 Å². The van der Waals surface area contributed by atoms with Crippen LogP contribution in [0.4, 0.5) is 4.79 Å². The normalized spacial score (nSPS) is 12.7. The molecule has 2 atom stereocenters. The van der Waals surface area contributed by atoms with Crippen molar-refractivity contribution in [2.45, 2.75) is 79.0 Å². The van der Waals surface area contributed by atoms with Gasteiger partial charge in [-0.3, -0.25) is 14.4 Å². The second-order valence-electron chi connectivity index (χ2n) is 10.4. The molecule has 10 heteroatoms. The van der Waals surface area contributed by atoms with Gasteiger partial charge in [-0.15, -0.1) is 6.58 Å². The molecule has 1 aromatic carbocycles. The van der Waals surface area contributed by atoms with E-state index in [1.807, 2.05) is 13.8 Å². The first-order chi connectivity index (χ1) is 17.7. The number of phenols is 1. The standard InChI is InChI=1S/C28H43N3O7/c1-9-15-31(26(35)21(16-18(3)4)30-27(36)38-28(6,7)8)24(20-11-12-22(32)19(5)17-20)25(34)29-14-13-23(33)37-10-2/h9,11-12,17-18,21,24,32H,1,10,13-16H2,2-8H3,(H,29,34)(H,30,36). The van der Waals surface area contributed by atoms with Crippen LogP contribution in [0.25, 0.3) is 0 Å². The maximum Gasteiger partial charge on any atom is 0.408 e. The monoisotopic (exact) mass is 533 g/mol. The Morgan fingerprint density at radius 2 is 1.84 bits per heavy atom. The zero-order chi connectivity index (χ0) is 29.0. The number of amides is 3. The minimum atomic E-state index is -1.13. The second kappa shape index (κ2) is 15.0. The van der Waals surface area contributed by atoms with Gasteiger partial charge in [-0.25, -0.2) is 4.79 Å². The number of nitrogens with zero attached hydrogens (tertiary/aromatic N) is 1. The van der Waals surface area contributed by atoms with E-state index in [4.69, 9.17) is 9.47 Å². The number of ether oxygens (including phenoxy) is 2. The molecular weight excluding hydrogens is 490 g/mol. The van der Waals surface area contributed by atoms with Crippen molar-refractivity contribution in [3.63, 3.8) is 0 Å². The number of hydrogen-bond donors (Lipinski definition) is 3. The summed E-state index contributed by atoms with van der Waals surface area (Å²) in [7, 11) is 0. The fourth-order valence-corrected chi connectivity index (χ4v) is 3.74. The molecule has 212 valence electrons. The first-order valence-electron chi connectivity index (χ1n) is 12.8. The molecule has 1 rings (SSSR count). The summed E-state index contributed by atoms with van der Waals surface area (Å²) in [5.41, 5.74) is 0.203. The summed E-state index contributed by atoms with van der Waals surface area (Å²) in [6.45, 7) is 16.3. The number of aromatic hydroxyl groups is 1. The van der Waals surface area contributed by atoms with E-state index < -0.39 is 41.6 Å². The van der Waals surface area contributed by atoms with Gasteiger partial charge in [0.25, 0.3) is 0 Å². The first kappa shape index (κ1) is 32.5. The topological polar surface area (TPSA) is 134 Å². The van der Waals surface area contributed by atoms with Crippen LogP contribution in [0.5, 0.6) is 5.75 Å². The summed E-state index contributed by atoms with van der Waals surface area (Å²) in [5.74, 6) is -1.41. The van der Waals surface area contributed by atoms with Gasteiger partial charge in [0, 0.05) is 13.1 Å². The van der Waals surface area contributed by atoms with Gasteiger partial charge in [0.05, 0.1) is 13.0 Å². The lowest BCUT2D eigenvalue weighted by molar-refractivity contribution is -0.144. The number of phenolic OH excluding ortho intramolecular Hbond substituents is 1. The van der Waals surface area contributed by atoms with Crippen molar-refractivity contribution in [2.24, 2.45) is 5.92 Å². The molecule has 3 amide bonds. The summed E-state index contributed by atoms with van der Waals surface area (Å²) < 4.78 is 10.3. The Kier molecular flexibility index (Phi) is 12.8. The lowest BCUT2D eigenvalue weighted by Gasteiger charge is -2.34. The molecule has 0 bridgehead atoms. The fourth-order valence-electron chi connectivity index (χ4n) is 3.74. The highest BCUT2D eigenvalue weighted by molar-refractivity contribution is 5.92. The van der Waals surface area contributed by atoms with Crippen LogP contribution in [0.1, 0.15) is 71.6 Å². The van der Waals surface area contributed by atoms with Crippen LogP contribution in [0.3, 0.4) is 0 Å². The zero-order valence-corrected chi connectivity index (χ0v) is 23.6. The number of carbonyl (C=O) groups is 4. The van der Waals surface area contributed by atoms with Crippen molar-refractivity contribution >= 4 is 23.9 Å². The van der Waals surface area contributed by atoms with E-state index in [0.29, 0.717) is 17.5 Å². The van der Waals surface area contributed by atoms with Crippen molar-refractivity contribution in [2.75, 3.05) is 19.7 Å². The number of benzene rings is 1. The third-order valence-electron chi connectivity index (χ3n) is 5.34. The molecule has 1 aromatic rings. The van der Waals surface area contributed by atoms with E-state index >= 15 is 0 Å². The molecule has 0 saturated heterocycles. The van der Waals surface area contributed by atoms with E-state index in [-0.39, 0.29) is 37.8 Å². The van der Waals surface area contributed by atoms with Crippen LogP contribution in [0, 0.1) is 12.8 Å². The smallest absolute Gasteiger partial charge is 0.408 e. The summed E-state index contributed by atoms with van der Waals surface area (Å²) in [5, 5.41) is 15.4. The average molecular weight is 534 g/mol. The van der Waals surface area contributed by atoms with Crippen LogP contribution in [0.15, 0.2) is 30.9 Å². The number of aryl methyl sites for hydroxylation is 1. The Hall–Kier alpha value is -3.56. The molecule has 3 N–H and O–H groups in total. The molecule has 0 aliphatic heterocycles. The molecule has 2 unspecified atom stereocenters. The highest BCUT2D eigenvalue weighted by Crippen LogP contribution is 2.27. The molecule has 0 aromatic heterocycles. The minimum absolute atomic E-state index is 0.000680. The van der Waals surface area contributed by atoms with Gasteiger partial charge in [0.15, 0.2) is 0 Å². The van der Waals surface area contributed by atoms with Crippen molar-refractivity contribution in [3.05, 3.63) is 42.0 Å². The van der Waals surface area contributed by atoms with Crippen molar-refractivity contribution in [3.8, 4) is 5.75 Å². The van der Waals surface area contributed by atoms with Crippen LogP contribution in [-0.4, -0.2) is 65.2 Å². The minimum Gasteiger partial charge on any atom is -0.508 e. The number of hydrogen-bond acceptors (Lipinski definition) is 7. The predicted octanol–water partition coefficient (Wildman–Crippen LogP) is 3.77. The Morgan fingerprint density at radius 3 is 2.37 bits per heavy atom. The van der Waals surface area contributed by atoms with Crippen molar-refractivity contribution < 1.29 is 33.8 Å². The maximum atomic E-state index is 13.9. The van der Waals surface area contributed by atoms with Gasteiger partial charge >= 0.3 is 12.1 Å². The zero-order valence-electron chi connectivity index (χ0n) is 23.6. The molecule has 10 nitrogen and oxygen atoms in total. The first-order valence-corrected chi connectivity index (χ1v) is 12.8. The van der Waals surface area contributed by atoms with Crippen molar-refractivity contribution in [1.82, 2.24) is 15.5 Å². The number of nitrogens with one attached hydrogen (secondary N) is 2. The van der Waals surface area contributed by atoms with E-state index in [0.717, 1.165) is 0 Å². The number of esters is 1. The highest BCUT2D eigenvalue weighted by atomic mass is 16.6. The molecular formula is C28H43N3O7. The van der Waals surface area contributed by atoms with Gasteiger partial charge in [-0.1, -0.05) is 26.0 Å². The van der Waals surface area contributed by atoms with Crippen LogP contribution in [-0.2, 0) is 23.9 Å². The van der Waals surface area contributed by atoms with Gasteiger partial charge in [-0.05, 0) is 70.2 Å². The Labute approximate surface area is 225 Å². The van der Waals surface area contributed by atoms with Gasteiger partial charge in [0.2, 0.25) is 11.8 Å². The van der Waals surface area contributed by atoms with E-state index in [9.17, 15) is 24.3 Å². The second-order valence-corrected chi connectivity index (χ2v) is 10.4. The molecule has 0 aliphatic carbocycles. The highest BCUT2D eigenvalue weighted by Gasteiger charge is 2.36. The van der Waals surface area contributed by atoms with E-state index in [1.165, 1.54) is 17.0 Å². The average Bonchev–Trinajstić information content (AvgIpc) is 2.78. The third kappa shape index (κ3) is 10.8. The molecule has 0 saturated carbocycles. The Balaban J connectivity index is 3.41. The molecule has 0 radical (unpaired) electrons. The van der Waals surface area contributed by atoms with Gasteiger partial charge in [0.1, 0.15) is 23.4 Å². The number of carbonyl (C=O) groups excluding carboxylic acids is 4. The lowest BCUT2D eigenvalue weighted by Crippen LogP contribution is -2.53. The molecule has 38 heavy (non-hydrogen) atoms.